The first kappa shape index (κ1) is 32.6. The lowest BCUT2D eigenvalue weighted by molar-refractivity contribution is 0.724. The number of nitrogens with zero attached hydrogens (tertiary/aromatic N) is 3. The maximum atomic E-state index is 5.05. The summed E-state index contributed by atoms with van der Waals surface area (Å²) in [5.41, 5.74) is 12.6. The SMILES string of the molecule is c1ccc(-c2nc(-c3ccccc3)nc(-c3cccc(-c4ccc5c(c4)C4(c6ccccc6S5)c5ccccc5-c5cc6sc7ccccc7c6cc54)c3)n2)cc1. The van der Waals surface area contributed by atoms with E-state index in [1.54, 1.807) is 0 Å². The summed E-state index contributed by atoms with van der Waals surface area (Å²) < 4.78 is 2.65. The van der Waals surface area contributed by atoms with Gasteiger partial charge in [0.1, 0.15) is 0 Å². The van der Waals surface area contributed by atoms with Gasteiger partial charge in [-0.1, -0.05) is 157 Å². The van der Waals surface area contributed by atoms with Crippen LogP contribution in [0.4, 0.5) is 0 Å². The predicted octanol–water partition coefficient (Wildman–Crippen LogP) is 13.7. The monoisotopic (exact) mass is 761 g/mol. The average Bonchev–Trinajstić information content (AvgIpc) is 3.79. The van der Waals surface area contributed by atoms with Crippen LogP contribution in [0.2, 0.25) is 0 Å². The molecule has 266 valence electrons. The van der Waals surface area contributed by atoms with Crippen LogP contribution in [0.3, 0.4) is 0 Å². The van der Waals surface area contributed by atoms with E-state index in [2.05, 4.69) is 152 Å². The van der Waals surface area contributed by atoms with E-state index in [9.17, 15) is 0 Å². The van der Waals surface area contributed by atoms with E-state index in [1.165, 1.54) is 63.3 Å². The van der Waals surface area contributed by atoms with Crippen LogP contribution in [-0.2, 0) is 5.41 Å². The lowest BCUT2D eigenvalue weighted by atomic mass is 9.67. The number of hydrogen-bond donors (Lipinski definition) is 0. The average molecular weight is 762 g/mol. The van der Waals surface area contributed by atoms with Crippen LogP contribution >= 0.6 is 23.1 Å². The Morgan fingerprint density at radius 1 is 0.333 bits per heavy atom. The van der Waals surface area contributed by atoms with Crippen molar-refractivity contribution in [3.8, 4) is 56.4 Å². The molecule has 57 heavy (non-hydrogen) atoms. The topological polar surface area (TPSA) is 38.7 Å². The maximum Gasteiger partial charge on any atom is 0.164 e. The molecule has 1 aliphatic heterocycles. The van der Waals surface area contributed by atoms with Gasteiger partial charge in [-0.2, -0.15) is 0 Å². The fourth-order valence-electron chi connectivity index (χ4n) is 9.07. The fourth-order valence-corrected chi connectivity index (χ4v) is 11.4. The molecule has 0 fully saturated rings. The number of hydrogen-bond acceptors (Lipinski definition) is 5. The number of aromatic nitrogens is 3. The molecular weight excluding hydrogens is 731 g/mol. The molecule has 8 aromatic carbocycles. The quantitative estimate of drug-likeness (QED) is 0.179. The summed E-state index contributed by atoms with van der Waals surface area (Å²) in [6.07, 6.45) is 0. The van der Waals surface area contributed by atoms with Crippen molar-refractivity contribution in [2.24, 2.45) is 0 Å². The minimum atomic E-state index is -0.489. The van der Waals surface area contributed by atoms with E-state index in [0.717, 1.165) is 27.8 Å². The molecule has 0 amide bonds. The van der Waals surface area contributed by atoms with Crippen LogP contribution in [0.25, 0.3) is 76.6 Å². The second kappa shape index (κ2) is 12.7. The van der Waals surface area contributed by atoms with E-state index in [-0.39, 0.29) is 0 Å². The van der Waals surface area contributed by atoms with Gasteiger partial charge in [0.2, 0.25) is 0 Å². The van der Waals surface area contributed by atoms with Gasteiger partial charge >= 0.3 is 0 Å². The maximum absolute atomic E-state index is 5.05. The van der Waals surface area contributed by atoms with Crippen LogP contribution in [-0.4, -0.2) is 15.0 Å². The van der Waals surface area contributed by atoms with E-state index < -0.39 is 5.41 Å². The molecule has 0 bridgehead atoms. The molecule has 12 rings (SSSR count). The van der Waals surface area contributed by atoms with Crippen molar-refractivity contribution in [1.82, 2.24) is 15.0 Å². The van der Waals surface area contributed by atoms with Gasteiger partial charge in [0.05, 0.1) is 5.41 Å². The van der Waals surface area contributed by atoms with Crippen LogP contribution in [0.5, 0.6) is 0 Å². The first-order valence-electron chi connectivity index (χ1n) is 19.2. The summed E-state index contributed by atoms with van der Waals surface area (Å²) in [7, 11) is 0. The molecular formula is C52H31N3S2. The minimum Gasteiger partial charge on any atom is -0.208 e. The molecule has 1 aliphatic carbocycles. The van der Waals surface area contributed by atoms with Crippen LogP contribution in [0.1, 0.15) is 22.3 Å². The Bertz CT molecular complexity index is 3170. The highest BCUT2D eigenvalue weighted by atomic mass is 32.2. The first-order valence-corrected chi connectivity index (χ1v) is 20.8. The molecule has 0 N–H and O–H groups in total. The molecule has 0 radical (unpaired) electrons. The largest absolute Gasteiger partial charge is 0.208 e. The van der Waals surface area contributed by atoms with Crippen molar-refractivity contribution < 1.29 is 0 Å². The Hall–Kier alpha value is -6.66. The Labute approximate surface area is 338 Å². The summed E-state index contributed by atoms with van der Waals surface area (Å²) in [4.78, 5) is 17.6. The zero-order valence-electron chi connectivity index (χ0n) is 30.6. The van der Waals surface area contributed by atoms with Gasteiger partial charge < -0.3 is 0 Å². The molecule has 0 saturated carbocycles. The van der Waals surface area contributed by atoms with Gasteiger partial charge in [-0.15, -0.1) is 11.3 Å². The van der Waals surface area contributed by atoms with Crippen LogP contribution in [0.15, 0.2) is 198 Å². The van der Waals surface area contributed by atoms with E-state index in [1.807, 2.05) is 59.5 Å². The molecule has 3 nitrogen and oxygen atoms in total. The second-order valence-corrected chi connectivity index (χ2v) is 16.9. The summed E-state index contributed by atoms with van der Waals surface area (Å²) in [5, 5.41) is 2.64. The zero-order valence-corrected chi connectivity index (χ0v) is 32.2. The molecule has 2 aliphatic rings. The predicted molar refractivity (Wildman–Crippen MR) is 236 cm³/mol. The van der Waals surface area contributed by atoms with Gasteiger partial charge in [0, 0.05) is 46.7 Å². The lowest BCUT2D eigenvalue weighted by Gasteiger charge is -2.40. The highest BCUT2D eigenvalue weighted by molar-refractivity contribution is 7.99. The van der Waals surface area contributed by atoms with Gasteiger partial charge in [0.15, 0.2) is 17.5 Å². The van der Waals surface area contributed by atoms with E-state index in [0.29, 0.717) is 17.5 Å². The van der Waals surface area contributed by atoms with Crippen LogP contribution < -0.4 is 0 Å². The van der Waals surface area contributed by atoms with Gasteiger partial charge in [0.25, 0.3) is 0 Å². The molecule has 10 aromatic rings. The van der Waals surface area contributed by atoms with Crippen molar-refractivity contribution in [2.75, 3.05) is 0 Å². The van der Waals surface area contributed by atoms with Gasteiger partial charge in [-0.3, -0.25) is 0 Å². The Balaban J connectivity index is 1.07. The van der Waals surface area contributed by atoms with E-state index in [4.69, 9.17) is 15.0 Å². The fraction of sp³-hybridized carbons (Fsp3) is 0.0192. The molecule has 3 heterocycles. The van der Waals surface area contributed by atoms with E-state index >= 15 is 0 Å². The summed E-state index contributed by atoms with van der Waals surface area (Å²) >= 11 is 3.77. The zero-order chi connectivity index (χ0) is 37.5. The second-order valence-electron chi connectivity index (χ2n) is 14.7. The molecule has 0 saturated heterocycles. The third-order valence-electron chi connectivity index (χ3n) is 11.6. The van der Waals surface area contributed by atoms with Crippen LogP contribution in [0, 0.1) is 0 Å². The highest BCUT2D eigenvalue weighted by Crippen LogP contribution is 2.63. The number of thiophene rings is 1. The van der Waals surface area contributed by atoms with Gasteiger partial charge in [-0.05, 0) is 87.0 Å². The molecule has 1 spiro atoms. The summed E-state index contributed by atoms with van der Waals surface area (Å²) in [6.45, 7) is 0. The van der Waals surface area contributed by atoms with Crippen molar-refractivity contribution in [3.63, 3.8) is 0 Å². The summed E-state index contributed by atoms with van der Waals surface area (Å²) in [6, 6.07) is 68.0. The molecule has 1 unspecified atom stereocenters. The standard InChI is InChI=1S/C52H31N3S2/c1-3-14-32(15-4-1)49-53-50(33-16-5-2-6-17-33)55-51(54-49)36-19-13-18-34(28-36)35-26-27-47-44(29-35)52(42-23-10-12-25-46(42)57-47)41-22-9-7-20-37(41)39-31-48-40(30-43(39)52)38-21-8-11-24-45(38)56-48/h1-31H. The third-order valence-corrected chi connectivity index (χ3v) is 13.9. The van der Waals surface area contributed by atoms with Gasteiger partial charge in [-0.25, -0.2) is 15.0 Å². The third kappa shape index (κ3) is 4.96. The van der Waals surface area contributed by atoms with Crippen molar-refractivity contribution in [2.45, 2.75) is 15.2 Å². The first-order chi connectivity index (χ1) is 28.2. The number of benzene rings is 8. The lowest BCUT2D eigenvalue weighted by Crippen LogP contribution is -2.32. The van der Waals surface area contributed by atoms with Crippen molar-refractivity contribution in [1.29, 1.82) is 0 Å². The molecule has 5 heteroatoms. The Kier molecular flexibility index (Phi) is 7.25. The van der Waals surface area contributed by atoms with Crippen molar-refractivity contribution >= 4 is 43.3 Å². The minimum absolute atomic E-state index is 0.489. The smallest absolute Gasteiger partial charge is 0.164 e. The molecule has 2 aromatic heterocycles. The summed E-state index contributed by atoms with van der Waals surface area (Å²) in [5.74, 6) is 1.96. The Morgan fingerprint density at radius 3 is 1.72 bits per heavy atom. The Morgan fingerprint density at radius 2 is 0.930 bits per heavy atom. The highest BCUT2D eigenvalue weighted by Gasteiger charge is 2.50. The normalized spacial score (nSPS) is 15.0. The van der Waals surface area contributed by atoms with Crippen molar-refractivity contribution in [3.05, 3.63) is 210 Å². The number of rotatable bonds is 4. The molecule has 1 atom stereocenters. The number of fused-ring (bicyclic) bond motifs is 12.